The van der Waals surface area contributed by atoms with E-state index in [0.29, 0.717) is 33.7 Å². The Balaban J connectivity index is 1.90. The summed E-state index contributed by atoms with van der Waals surface area (Å²) in [6, 6.07) is 5.67. The number of hydrogen-bond donors (Lipinski definition) is 1. The van der Waals surface area contributed by atoms with Crippen molar-refractivity contribution >= 4 is 43.4 Å². The van der Waals surface area contributed by atoms with Gasteiger partial charge in [-0.2, -0.15) is 4.98 Å². The molecule has 0 saturated carbocycles. The molecule has 0 spiro atoms. The van der Waals surface area contributed by atoms with Crippen molar-refractivity contribution in [3.05, 3.63) is 44.5 Å². The number of nitrogens with one attached hydrogen (secondary N) is 1. The summed E-state index contributed by atoms with van der Waals surface area (Å²) >= 11 is 4.75. The third-order valence-electron chi connectivity index (χ3n) is 4.16. The maximum Gasteiger partial charge on any atom is 0.261 e. The van der Waals surface area contributed by atoms with Crippen molar-refractivity contribution in [1.29, 1.82) is 0 Å². The number of rotatable bonds is 7. The number of carbonyl (C=O) groups excluding carboxylic acids is 1. The van der Waals surface area contributed by atoms with Crippen molar-refractivity contribution in [2.24, 2.45) is 0 Å². The predicted molar refractivity (Wildman–Crippen MR) is 111 cm³/mol. The monoisotopic (exact) mass is 465 g/mol. The van der Waals surface area contributed by atoms with Crippen molar-refractivity contribution < 1.29 is 19.0 Å². The molecule has 2 aromatic heterocycles. The van der Waals surface area contributed by atoms with Crippen LogP contribution in [0.15, 0.2) is 22.7 Å². The van der Waals surface area contributed by atoms with Gasteiger partial charge in [-0.3, -0.25) is 4.79 Å². The highest BCUT2D eigenvalue weighted by Crippen LogP contribution is 2.35. The maximum atomic E-state index is 12.8. The van der Waals surface area contributed by atoms with Crippen LogP contribution in [-0.2, 0) is 17.9 Å². The normalized spacial score (nSPS) is 10.9. The molecule has 1 N–H and O–H groups in total. The number of amides is 1. The maximum absolute atomic E-state index is 12.8. The lowest BCUT2D eigenvalue weighted by Gasteiger charge is -2.10. The molecule has 0 radical (unpaired) electrons. The Morgan fingerprint density at radius 1 is 1.21 bits per heavy atom. The van der Waals surface area contributed by atoms with Gasteiger partial charge in [0, 0.05) is 23.7 Å². The van der Waals surface area contributed by atoms with Crippen LogP contribution in [0.2, 0.25) is 0 Å². The Bertz CT molecular complexity index is 1020. The van der Waals surface area contributed by atoms with Crippen LogP contribution in [0.5, 0.6) is 11.6 Å². The summed E-state index contributed by atoms with van der Waals surface area (Å²) in [6.07, 6.45) is 0. The smallest absolute Gasteiger partial charge is 0.261 e. The molecule has 0 atom stereocenters. The first-order chi connectivity index (χ1) is 13.5. The first-order valence-corrected chi connectivity index (χ1v) is 10.0. The Morgan fingerprint density at radius 3 is 2.68 bits per heavy atom. The van der Waals surface area contributed by atoms with Gasteiger partial charge in [-0.05, 0) is 30.7 Å². The zero-order valence-corrected chi connectivity index (χ0v) is 18.4. The minimum absolute atomic E-state index is 0.183. The summed E-state index contributed by atoms with van der Waals surface area (Å²) in [4.78, 5) is 23.0. The van der Waals surface area contributed by atoms with Gasteiger partial charge in [0.25, 0.3) is 5.91 Å². The van der Waals surface area contributed by atoms with Crippen LogP contribution >= 0.6 is 27.3 Å². The van der Waals surface area contributed by atoms with Crippen LogP contribution in [-0.4, -0.2) is 37.2 Å². The number of ether oxygens (including phenoxy) is 3. The van der Waals surface area contributed by atoms with Crippen molar-refractivity contribution in [3.63, 3.8) is 0 Å². The molecular weight excluding hydrogens is 446 g/mol. The van der Waals surface area contributed by atoms with Gasteiger partial charge in [-0.1, -0.05) is 15.9 Å². The zero-order chi connectivity index (χ0) is 20.3. The van der Waals surface area contributed by atoms with Gasteiger partial charge in [0.1, 0.15) is 17.2 Å². The molecule has 3 aromatic rings. The summed E-state index contributed by atoms with van der Waals surface area (Å²) in [5.74, 6) is 1.49. The minimum Gasteiger partial charge on any atom is -0.496 e. The topological polar surface area (TPSA) is 82.6 Å². The molecule has 9 heteroatoms. The van der Waals surface area contributed by atoms with Crippen LogP contribution in [0.3, 0.4) is 0 Å². The van der Waals surface area contributed by atoms with Crippen LogP contribution in [0.1, 0.15) is 26.6 Å². The number of aromatic nitrogens is 2. The Morgan fingerprint density at radius 2 is 2.00 bits per heavy atom. The van der Waals surface area contributed by atoms with E-state index in [9.17, 15) is 4.79 Å². The van der Waals surface area contributed by atoms with Crippen LogP contribution in [0.4, 0.5) is 0 Å². The van der Waals surface area contributed by atoms with Crippen molar-refractivity contribution in [2.45, 2.75) is 20.1 Å². The molecule has 1 amide bonds. The fraction of sp³-hybridized carbons (Fsp3) is 0.316. The van der Waals surface area contributed by atoms with Crippen LogP contribution in [0.25, 0.3) is 10.2 Å². The third kappa shape index (κ3) is 4.11. The molecule has 0 saturated heterocycles. The van der Waals surface area contributed by atoms with Gasteiger partial charge in [0.15, 0.2) is 5.82 Å². The lowest BCUT2D eigenvalue weighted by molar-refractivity contribution is 0.0954. The van der Waals surface area contributed by atoms with E-state index in [2.05, 4.69) is 31.2 Å². The van der Waals surface area contributed by atoms with Gasteiger partial charge >= 0.3 is 0 Å². The first-order valence-electron chi connectivity index (χ1n) is 8.42. The fourth-order valence-electron chi connectivity index (χ4n) is 2.84. The molecule has 3 rings (SSSR count). The van der Waals surface area contributed by atoms with E-state index in [-0.39, 0.29) is 12.5 Å². The number of fused-ring (bicyclic) bond motifs is 1. The molecular formula is C19H20BrN3O4S. The molecule has 7 nitrogen and oxygen atoms in total. The lowest BCUT2D eigenvalue weighted by atomic mass is 10.2. The number of hydrogen-bond acceptors (Lipinski definition) is 7. The van der Waals surface area contributed by atoms with Crippen molar-refractivity contribution in [1.82, 2.24) is 15.3 Å². The van der Waals surface area contributed by atoms with Gasteiger partial charge < -0.3 is 19.5 Å². The minimum atomic E-state index is -0.183. The highest BCUT2D eigenvalue weighted by molar-refractivity contribution is 9.10. The zero-order valence-electron chi connectivity index (χ0n) is 16.0. The van der Waals surface area contributed by atoms with Gasteiger partial charge in [0.2, 0.25) is 5.88 Å². The lowest BCUT2D eigenvalue weighted by Crippen LogP contribution is -2.22. The summed E-state index contributed by atoms with van der Waals surface area (Å²) < 4.78 is 16.8. The number of halogens is 1. The first kappa shape index (κ1) is 20.5. The van der Waals surface area contributed by atoms with E-state index in [1.54, 1.807) is 21.3 Å². The molecule has 0 bridgehead atoms. The fourth-order valence-corrected chi connectivity index (χ4v) is 4.36. The van der Waals surface area contributed by atoms with Crippen LogP contribution < -0.4 is 14.8 Å². The molecule has 0 fully saturated rings. The summed E-state index contributed by atoms with van der Waals surface area (Å²) in [5, 5.41) is 3.70. The average molecular weight is 466 g/mol. The molecule has 148 valence electrons. The molecule has 0 unspecified atom stereocenters. The molecule has 0 aliphatic carbocycles. The summed E-state index contributed by atoms with van der Waals surface area (Å²) in [6.45, 7) is 2.48. The third-order valence-corrected chi connectivity index (χ3v) is 5.84. The van der Waals surface area contributed by atoms with Gasteiger partial charge in [-0.15, -0.1) is 11.3 Å². The van der Waals surface area contributed by atoms with E-state index in [0.717, 1.165) is 21.0 Å². The van der Waals surface area contributed by atoms with Gasteiger partial charge in [0.05, 0.1) is 24.5 Å². The van der Waals surface area contributed by atoms with E-state index >= 15 is 0 Å². The standard InChI is InChI=1S/C19H20BrN3O4S/c1-10-15-18(27-4)22-14(9-25-2)23-19(15)28-16(10)17(24)21-8-11-7-12(20)5-6-13(11)26-3/h5-7H,8-9H2,1-4H3,(H,21,24). The average Bonchev–Trinajstić information content (AvgIpc) is 3.02. The van der Waals surface area contributed by atoms with E-state index in [1.807, 2.05) is 25.1 Å². The number of aryl methyl sites for hydroxylation is 1. The number of methoxy groups -OCH3 is 3. The quantitative estimate of drug-likeness (QED) is 0.570. The predicted octanol–water partition coefficient (Wildman–Crippen LogP) is 3.86. The molecule has 1 aromatic carbocycles. The second-order valence-electron chi connectivity index (χ2n) is 5.96. The number of benzene rings is 1. The molecule has 2 heterocycles. The molecule has 0 aliphatic heterocycles. The number of carbonyl (C=O) groups is 1. The number of thiophene rings is 1. The highest BCUT2D eigenvalue weighted by atomic mass is 79.9. The molecule has 28 heavy (non-hydrogen) atoms. The Hall–Kier alpha value is -2.23. The van der Waals surface area contributed by atoms with Crippen LogP contribution in [0, 0.1) is 6.92 Å². The van der Waals surface area contributed by atoms with E-state index in [4.69, 9.17) is 14.2 Å². The van der Waals surface area contributed by atoms with Crippen molar-refractivity contribution in [3.8, 4) is 11.6 Å². The van der Waals surface area contributed by atoms with Crippen molar-refractivity contribution in [2.75, 3.05) is 21.3 Å². The summed E-state index contributed by atoms with van der Waals surface area (Å²) in [5.41, 5.74) is 1.67. The summed E-state index contributed by atoms with van der Waals surface area (Å²) in [7, 11) is 4.73. The Labute approximate surface area is 175 Å². The van der Waals surface area contributed by atoms with E-state index in [1.165, 1.54) is 11.3 Å². The molecule has 0 aliphatic rings. The van der Waals surface area contributed by atoms with Gasteiger partial charge in [-0.25, -0.2) is 4.98 Å². The Kier molecular flexibility index (Phi) is 6.48. The highest BCUT2D eigenvalue weighted by Gasteiger charge is 2.21. The second kappa shape index (κ2) is 8.85. The number of nitrogens with zero attached hydrogens (tertiary/aromatic N) is 2. The second-order valence-corrected chi connectivity index (χ2v) is 7.87. The largest absolute Gasteiger partial charge is 0.496 e. The van der Waals surface area contributed by atoms with E-state index < -0.39 is 0 Å². The SMILES string of the molecule is COCc1nc(OC)c2c(C)c(C(=O)NCc3cc(Br)ccc3OC)sc2n1.